The van der Waals surface area contributed by atoms with Crippen LogP contribution in [0.1, 0.15) is 12.5 Å². The van der Waals surface area contributed by atoms with Gasteiger partial charge in [-0.05, 0) is 24.6 Å². The van der Waals surface area contributed by atoms with Crippen molar-refractivity contribution in [2.45, 2.75) is 13.3 Å². The highest BCUT2D eigenvalue weighted by molar-refractivity contribution is 5.81. The van der Waals surface area contributed by atoms with E-state index in [0.717, 1.165) is 16.6 Å². The zero-order valence-corrected chi connectivity index (χ0v) is 8.96. The Labute approximate surface area is 91.9 Å². The molecule has 5 nitrogen and oxygen atoms in total. The average molecular weight is 219 g/mol. The number of aromatic amines is 2. The quantitative estimate of drug-likeness (QED) is 0.704. The molecular weight excluding hydrogens is 206 g/mol. The summed E-state index contributed by atoms with van der Waals surface area (Å²) in [6.07, 6.45) is 0.330. The molecule has 0 fully saturated rings. The molecule has 0 saturated heterocycles. The summed E-state index contributed by atoms with van der Waals surface area (Å²) in [6, 6.07) is 5.44. The molecule has 0 aliphatic rings. The topological polar surface area (TPSA) is 77.8 Å². The molecule has 5 heteroatoms. The molecule has 1 amide bonds. The normalized spacial score (nSPS) is 10.6. The van der Waals surface area contributed by atoms with Crippen LogP contribution in [-0.2, 0) is 11.2 Å². The Kier molecular flexibility index (Phi) is 2.76. The molecule has 1 aromatic heterocycles. The minimum absolute atomic E-state index is 0.0141. The van der Waals surface area contributed by atoms with Gasteiger partial charge in [0.1, 0.15) is 0 Å². The Morgan fingerprint density at radius 3 is 2.81 bits per heavy atom. The number of likely N-dealkylation sites (N-methyl/N-ethyl adjacent to an activating group) is 1. The highest BCUT2D eigenvalue weighted by atomic mass is 16.1. The maximum atomic E-state index is 11.4. The van der Waals surface area contributed by atoms with Crippen LogP contribution in [-0.4, -0.2) is 22.4 Å². The molecule has 16 heavy (non-hydrogen) atoms. The maximum absolute atomic E-state index is 11.4. The summed E-state index contributed by atoms with van der Waals surface area (Å²) in [6.45, 7) is 2.51. The molecule has 3 N–H and O–H groups in total. The van der Waals surface area contributed by atoms with Crippen LogP contribution in [0.25, 0.3) is 11.0 Å². The van der Waals surface area contributed by atoms with Crippen LogP contribution in [0.3, 0.4) is 0 Å². The third-order valence-electron chi connectivity index (χ3n) is 2.32. The molecule has 0 aliphatic heterocycles. The Morgan fingerprint density at radius 2 is 2.06 bits per heavy atom. The first kappa shape index (κ1) is 10.5. The standard InChI is InChI=1S/C11H13N3O2/c1-2-12-10(15)6-7-3-4-8-9(5-7)14-11(16)13-8/h3-5H,2,6H2,1H3,(H,12,15)(H2,13,14,16). The lowest BCUT2D eigenvalue weighted by molar-refractivity contribution is -0.120. The van der Waals surface area contributed by atoms with Crippen molar-refractivity contribution in [3.63, 3.8) is 0 Å². The molecule has 0 spiro atoms. The summed E-state index contributed by atoms with van der Waals surface area (Å²) in [5, 5.41) is 2.73. The van der Waals surface area contributed by atoms with Crippen LogP contribution in [0.5, 0.6) is 0 Å². The van der Waals surface area contributed by atoms with Gasteiger partial charge in [-0.25, -0.2) is 4.79 Å². The number of fused-ring (bicyclic) bond motifs is 1. The largest absolute Gasteiger partial charge is 0.356 e. The number of benzene rings is 1. The molecule has 2 aromatic rings. The van der Waals surface area contributed by atoms with E-state index in [1.807, 2.05) is 19.1 Å². The fraction of sp³-hybridized carbons (Fsp3) is 0.273. The predicted molar refractivity (Wildman–Crippen MR) is 61.3 cm³/mol. The zero-order chi connectivity index (χ0) is 11.5. The van der Waals surface area contributed by atoms with Crippen LogP contribution in [0.4, 0.5) is 0 Å². The monoisotopic (exact) mass is 219 g/mol. The van der Waals surface area contributed by atoms with Gasteiger partial charge in [0.25, 0.3) is 0 Å². The van der Waals surface area contributed by atoms with Crippen molar-refractivity contribution >= 4 is 16.9 Å². The first-order chi connectivity index (χ1) is 7.69. The van der Waals surface area contributed by atoms with Crippen molar-refractivity contribution in [1.29, 1.82) is 0 Å². The number of hydrogen-bond acceptors (Lipinski definition) is 2. The molecule has 0 radical (unpaired) electrons. The lowest BCUT2D eigenvalue weighted by Crippen LogP contribution is -2.24. The van der Waals surface area contributed by atoms with Crippen molar-refractivity contribution in [3.05, 3.63) is 34.2 Å². The van der Waals surface area contributed by atoms with Gasteiger partial charge in [-0.1, -0.05) is 6.07 Å². The second-order valence-corrected chi connectivity index (χ2v) is 3.59. The number of aromatic nitrogens is 2. The van der Waals surface area contributed by atoms with Gasteiger partial charge >= 0.3 is 5.69 Å². The Balaban J connectivity index is 2.25. The van der Waals surface area contributed by atoms with Gasteiger partial charge in [-0.2, -0.15) is 0 Å². The van der Waals surface area contributed by atoms with E-state index in [2.05, 4.69) is 15.3 Å². The second-order valence-electron chi connectivity index (χ2n) is 3.59. The Bertz CT molecular complexity index is 568. The Hall–Kier alpha value is -2.04. The van der Waals surface area contributed by atoms with Crippen LogP contribution in [0, 0.1) is 0 Å². The van der Waals surface area contributed by atoms with Crippen LogP contribution >= 0.6 is 0 Å². The third kappa shape index (κ3) is 2.13. The first-order valence-corrected chi connectivity index (χ1v) is 5.16. The number of imidazole rings is 1. The van der Waals surface area contributed by atoms with Crippen LogP contribution < -0.4 is 11.0 Å². The highest BCUT2D eigenvalue weighted by Crippen LogP contribution is 2.10. The summed E-state index contributed by atoms with van der Waals surface area (Å²) in [4.78, 5) is 27.7. The second kappa shape index (κ2) is 4.22. The van der Waals surface area contributed by atoms with Crippen molar-refractivity contribution in [2.24, 2.45) is 0 Å². The van der Waals surface area contributed by atoms with Crippen molar-refractivity contribution < 1.29 is 4.79 Å². The summed E-state index contributed by atoms with van der Waals surface area (Å²) >= 11 is 0. The summed E-state index contributed by atoms with van der Waals surface area (Å²) in [7, 11) is 0. The van der Waals surface area contributed by atoms with E-state index in [1.165, 1.54) is 0 Å². The van der Waals surface area contributed by atoms with E-state index in [-0.39, 0.29) is 11.6 Å². The van der Waals surface area contributed by atoms with Crippen molar-refractivity contribution in [2.75, 3.05) is 6.54 Å². The van der Waals surface area contributed by atoms with Gasteiger partial charge in [0.2, 0.25) is 5.91 Å². The number of hydrogen-bond donors (Lipinski definition) is 3. The lowest BCUT2D eigenvalue weighted by Gasteiger charge is -2.02. The minimum atomic E-state index is -0.231. The van der Waals surface area contributed by atoms with E-state index in [9.17, 15) is 9.59 Å². The minimum Gasteiger partial charge on any atom is -0.356 e. The number of nitrogens with one attached hydrogen (secondary N) is 3. The number of H-pyrrole nitrogens is 2. The molecule has 0 unspecified atom stereocenters. The van der Waals surface area contributed by atoms with Crippen LogP contribution in [0.2, 0.25) is 0 Å². The maximum Gasteiger partial charge on any atom is 0.323 e. The van der Waals surface area contributed by atoms with E-state index >= 15 is 0 Å². The fourth-order valence-corrected chi connectivity index (χ4v) is 1.63. The molecule has 0 bridgehead atoms. The van der Waals surface area contributed by atoms with Crippen LogP contribution in [0.15, 0.2) is 23.0 Å². The van der Waals surface area contributed by atoms with Gasteiger partial charge in [0.05, 0.1) is 17.5 Å². The molecule has 0 atom stereocenters. The number of carbonyl (C=O) groups is 1. The lowest BCUT2D eigenvalue weighted by atomic mass is 10.1. The smallest absolute Gasteiger partial charge is 0.323 e. The molecule has 2 rings (SSSR count). The zero-order valence-electron chi connectivity index (χ0n) is 8.96. The molecule has 1 heterocycles. The van der Waals surface area contributed by atoms with Gasteiger partial charge in [0, 0.05) is 6.54 Å². The molecular formula is C11H13N3O2. The number of amides is 1. The summed E-state index contributed by atoms with van der Waals surface area (Å²) in [5.41, 5.74) is 2.13. The summed E-state index contributed by atoms with van der Waals surface area (Å²) in [5.74, 6) is -0.0141. The molecule has 84 valence electrons. The molecule has 1 aromatic carbocycles. The van der Waals surface area contributed by atoms with E-state index in [4.69, 9.17) is 0 Å². The van der Waals surface area contributed by atoms with Crippen molar-refractivity contribution in [3.8, 4) is 0 Å². The SMILES string of the molecule is CCNC(=O)Cc1ccc2[nH]c(=O)[nH]c2c1. The van der Waals surface area contributed by atoms with E-state index in [1.54, 1.807) is 6.07 Å². The first-order valence-electron chi connectivity index (χ1n) is 5.16. The van der Waals surface area contributed by atoms with Crippen molar-refractivity contribution in [1.82, 2.24) is 15.3 Å². The van der Waals surface area contributed by atoms with Gasteiger partial charge < -0.3 is 15.3 Å². The summed E-state index contributed by atoms with van der Waals surface area (Å²) < 4.78 is 0. The average Bonchev–Trinajstić information content (AvgIpc) is 2.57. The van der Waals surface area contributed by atoms with Gasteiger partial charge in [-0.3, -0.25) is 4.79 Å². The Morgan fingerprint density at radius 1 is 1.31 bits per heavy atom. The highest BCUT2D eigenvalue weighted by Gasteiger charge is 2.04. The number of rotatable bonds is 3. The van der Waals surface area contributed by atoms with E-state index in [0.29, 0.717) is 13.0 Å². The fourth-order valence-electron chi connectivity index (χ4n) is 1.63. The molecule has 0 saturated carbocycles. The van der Waals surface area contributed by atoms with Gasteiger partial charge in [0.15, 0.2) is 0 Å². The number of carbonyl (C=O) groups excluding carboxylic acids is 1. The van der Waals surface area contributed by atoms with E-state index < -0.39 is 0 Å². The molecule has 0 aliphatic carbocycles. The van der Waals surface area contributed by atoms with Gasteiger partial charge in [-0.15, -0.1) is 0 Å². The third-order valence-corrected chi connectivity index (χ3v) is 2.32. The predicted octanol–water partition coefficient (Wildman–Crippen LogP) is 0.535.